The molecule has 0 aromatic carbocycles. The third kappa shape index (κ3) is 5.22. The zero-order chi connectivity index (χ0) is 25.3. The quantitative estimate of drug-likeness (QED) is 0.227. The predicted molar refractivity (Wildman–Crippen MR) is 116 cm³/mol. The molecule has 0 amide bonds. The summed E-state index contributed by atoms with van der Waals surface area (Å²) in [4.78, 5) is 14.9. The average Bonchev–Trinajstić information content (AvgIpc) is 3.34. The summed E-state index contributed by atoms with van der Waals surface area (Å²) < 4.78 is 78.3. The van der Waals surface area contributed by atoms with Crippen molar-refractivity contribution in [2.75, 3.05) is 0 Å². The summed E-state index contributed by atoms with van der Waals surface area (Å²) in [5, 5.41) is 0. The Morgan fingerprint density at radius 3 is 1.32 bits per heavy atom. The molecule has 4 rings (SSSR count). The Bertz CT molecular complexity index is 1190. The monoisotopic (exact) mass is 526 g/mol. The molecule has 0 aliphatic carbocycles. The van der Waals surface area contributed by atoms with Gasteiger partial charge in [-0.25, -0.2) is 19.9 Å². The summed E-state index contributed by atoms with van der Waals surface area (Å²) in [6, 6.07) is 1.88. The second-order valence-corrected chi connectivity index (χ2v) is 7.46. The molecule has 0 spiro atoms. The molecule has 14 heteroatoms. The second-order valence-electron chi connectivity index (χ2n) is 6.92. The zero-order valence-electron chi connectivity index (χ0n) is 17.8. The first-order valence-corrected chi connectivity index (χ1v) is 11.0. The van der Waals surface area contributed by atoms with Crippen molar-refractivity contribution in [2.45, 2.75) is 51.0 Å². The second kappa shape index (κ2) is 9.95. The number of fused-ring (bicyclic) bond motifs is 2. The number of halogens is 8. The van der Waals surface area contributed by atoms with Gasteiger partial charge in [-0.15, -0.1) is 23.2 Å². The molecule has 6 nitrogen and oxygen atoms in total. The molecule has 0 aliphatic heterocycles. The van der Waals surface area contributed by atoms with Crippen molar-refractivity contribution in [2.24, 2.45) is 0 Å². The number of alkyl halides is 8. The molecule has 4 aromatic heterocycles. The molecule has 0 fully saturated rings. The molecule has 0 atom stereocenters. The molecule has 34 heavy (non-hydrogen) atoms. The van der Waals surface area contributed by atoms with Crippen molar-refractivity contribution in [3.8, 4) is 0 Å². The maximum absolute atomic E-state index is 12.5. The molecular weight excluding hydrogens is 509 g/mol. The van der Waals surface area contributed by atoms with Gasteiger partial charge in [0.2, 0.25) is 0 Å². The highest BCUT2D eigenvalue weighted by Crippen LogP contribution is 2.30. The molecule has 4 aromatic rings. The van der Waals surface area contributed by atoms with Crippen LogP contribution in [0.15, 0.2) is 24.5 Å². The van der Waals surface area contributed by atoms with Gasteiger partial charge < -0.3 is 9.13 Å². The lowest BCUT2D eigenvalue weighted by atomic mass is 10.3. The normalized spacial score (nSPS) is 12.3. The van der Waals surface area contributed by atoms with E-state index in [0.29, 0.717) is 35.8 Å². The highest BCUT2D eigenvalue weighted by Gasteiger charge is 2.34. The van der Waals surface area contributed by atoms with Crippen LogP contribution in [0.2, 0.25) is 0 Å². The van der Waals surface area contributed by atoms with Crippen LogP contribution in [0.3, 0.4) is 0 Å². The van der Waals surface area contributed by atoms with Gasteiger partial charge in [-0.05, 0) is 26.0 Å². The minimum Gasteiger partial charge on any atom is -0.326 e. The average molecular weight is 527 g/mol. The minimum atomic E-state index is -4.45. The Labute approximate surface area is 199 Å². The molecule has 0 bridgehead atoms. The van der Waals surface area contributed by atoms with E-state index in [1.54, 1.807) is 9.13 Å². The number of aromatic nitrogens is 6. The molecule has 0 unspecified atom stereocenters. The summed E-state index contributed by atoms with van der Waals surface area (Å²) in [7, 11) is 0. The number of imidazole rings is 2. The maximum Gasteiger partial charge on any atom is 0.433 e. The van der Waals surface area contributed by atoms with E-state index in [-0.39, 0.29) is 22.8 Å². The topological polar surface area (TPSA) is 61.4 Å². The fraction of sp³-hybridized carbons (Fsp3) is 0.400. The molecule has 4 heterocycles. The molecule has 0 saturated carbocycles. The van der Waals surface area contributed by atoms with Crippen LogP contribution in [0.25, 0.3) is 22.1 Å². The van der Waals surface area contributed by atoms with E-state index < -0.39 is 23.7 Å². The van der Waals surface area contributed by atoms with Crippen molar-refractivity contribution in [3.05, 3.63) is 47.6 Å². The maximum atomic E-state index is 12.5. The van der Waals surface area contributed by atoms with Crippen LogP contribution >= 0.6 is 23.2 Å². The Morgan fingerprint density at radius 2 is 1.06 bits per heavy atom. The standard InChI is InChI=1S/2C10H9ClF3N3/c2*1-2-17-7-5-15-8(10(12,13)14)3-6(7)16-9(17)4-11/h2*3,5H,2,4H2,1H3. The van der Waals surface area contributed by atoms with Crippen LogP contribution in [-0.4, -0.2) is 29.1 Å². The van der Waals surface area contributed by atoms with Gasteiger partial charge in [0, 0.05) is 13.1 Å². The van der Waals surface area contributed by atoms with Gasteiger partial charge in [0.1, 0.15) is 23.0 Å². The Balaban J connectivity index is 0.000000191. The molecular formula is C20H18Cl2F6N6. The third-order valence-electron chi connectivity index (χ3n) is 4.88. The van der Waals surface area contributed by atoms with Crippen molar-refractivity contribution in [3.63, 3.8) is 0 Å². The van der Waals surface area contributed by atoms with Crippen LogP contribution < -0.4 is 0 Å². The fourth-order valence-electron chi connectivity index (χ4n) is 3.37. The van der Waals surface area contributed by atoms with E-state index >= 15 is 0 Å². The van der Waals surface area contributed by atoms with Crippen LogP contribution in [0.5, 0.6) is 0 Å². The Hall–Kier alpha value is -2.60. The minimum absolute atomic E-state index is 0.157. The lowest BCUT2D eigenvalue weighted by molar-refractivity contribution is -0.141. The highest BCUT2D eigenvalue weighted by atomic mass is 35.5. The van der Waals surface area contributed by atoms with Crippen molar-refractivity contribution >= 4 is 45.3 Å². The summed E-state index contributed by atoms with van der Waals surface area (Å²) in [5.41, 5.74) is -0.208. The van der Waals surface area contributed by atoms with Crippen molar-refractivity contribution in [1.82, 2.24) is 29.1 Å². The molecule has 184 valence electrons. The van der Waals surface area contributed by atoms with E-state index in [9.17, 15) is 26.3 Å². The van der Waals surface area contributed by atoms with Crippen LogP contribution in [0.1, 0.15) is 36.9 Å². The van der Waals surface area contributed by atoms with Crippen molar-refractivity contribution < 1.29 is 26.3 Å². The highest BCUT2D eigenvalue weighted by molar-refractivity contribution is 6.17. The first-order valence-electron chi connectivity index (χ1n) is 9.91. The molecule has 0 radical (unpaired) electrons. The van der Waals surface area contributed by atoms with Crippen LogP contribution in [0, 0.1) is 0 Å². The van der Waals surface area contributed by atoms with E-state index in [1.165, 1.54) is 12.4 Å². The van der Waals surface area contributed by atoms with Gasteiger partial charge in [-0.1, -0.05) is 0 Å². The number of hydrogen-bond acceptors (Lipinski definition) is 4. The number of pyridine rings is 2. The molecule has 0 N–H and O–H groups in total. The van der Waals surface area contributed by atoms with Crippen LogP contribution in [0.4, 0.5) is 26.3 Å². The number of hydrogen-bond donors (Lipinski definition) is 0. The van der Waals surface area contributed by atoms with E-state index in [4.69, 9.17) is 23.2 Å². The largest absolute Gasteiger partial charge is 0.433 e. The zero-order valence-corrected chi connectivity index (χ0v) is 19.4. The summed E-state index contributed by atoms with van der Waals surface area (Å²) in [5.74, 6) is 1.41. The summed E-state index contributed by atoms with van der Waals surface area (Å²) >= 11 is 11.4. The Kier molecular flexibility index (Phi) is 7.61. The summed E-state index contributed by atoms with van der Waals surface area (Å²) in [6.45, 7) is 4.92. The van der Waals surface area contributed by atoms with Crippen molar-refractivity contribution in [1.29, 1.82) is 0 Å². The van der Waals surface area contributed by atoms with Gasteiger partial charge in [0.25, 0.3) is 0 Å². The smallest absolute Gasteiger partial charge is 0.326 e. The number of aryl methyl sites for hydroxylation is 2. The number of nitrogens with zero attached hydrogens (tertiary/aromatic N) is 6. The lowest BCUT2D eigenvalue weighted by Crippen LogP contribution is -2.07. The van der Waals surface area contributed by atoms with Gasteiger partial charge in [-0.3, -0.25) is 0 Å². The summed E-state index contributed by atoms with van der Waals surface area (Å²) in [6.07, 6.45) is -6.54. The first kappa shape index (κ1) is 26.0. The predicted octanol–water partition coefficient (Wildman–Crippen LogP) is 6.42. The van der Waals surface area contributed by atoms with Gasteiger partial charge >= 0.3 is 12.4 Å². The number of rotatable bonds is 4. The Morgan fingerprint density at radius 1 is 0.706 bits per heavy atom. The third-order valence-corrected chi connectivity index (χ3v) is 5.36. The van der Waals surface area contributed by atoms with E-state index in [2.05, 4.69) is 19.9 Å². The lowest BCUT2D eigenvalue weighted by Gasteiger charge is -2.05. The van der Waals surface area contributed by atoms with E-state index in [0.717, 1.165) is 12.1 Å². The molecule has 0 aliphatic rings. The SMILES string of the molecule is CCn1c(CCl)nc2cc(C(F)(F)F)ncc21.CCn1c(CCl)nc2cc(C(F)(F)F)ncc21. The van der Waals surface area contributed by atoms with Gasteiger partial charge in [0.05, 0.1) is 46.2 Å². The first-order chi connectivity index (χ1) is 15.9. The molecule has 0 saturated heterocycles. The van der Waals surface area contributed by atoms with Gasteiger partial charge in [-0.2, -0.15) is 26.3 Å². The van der Waals surface area contributed by atoms with Crippen LogP contribution in [-0.2, 0) is 37.2 Å². The van der Waals surface area contributed by atoms with Gasteiger partial charge in [0.15, 0.2) is 0 Å². The van der Waals surface area contributed by atoms with E-state index in [1.807, 2.05) is 13.8 Å². The fourth-order valence-corrected chi connectivity index (χ4v) is 3.77.